The molecule has 2 aromatic rings. The highest BCUT2D eigenvalue weighted by Gasteiger charge is 2.31. The van der Waals surface area contributed by atoms with Crippen molar-refractivity contribution in [2.75, 3.05) is 13.1 Å². The monoisotopic (exact) mass is 361 g/mol. The van der Waals surface area contributed by atoms with Gasteiger partial charge in [-0.15, -0.1) is 10.2 Å². The third-order valence-corrected chi connectivity index (χ3v) is 5.60. The number of hydrogen-bond donors (Lipinski definition) is 0. The summed E-state index contributed by atoms with van der Waals surface area (Å²) in [5, 5.41) is 12.5. The van der Waals surface area contributed by atoms with Crippen molar-refractivity contribution in [1.29, 1.82) is 0 Å². The van der Waals surface area contributed by atoms with Crippen LogP contribution in [0.4, 0.5) is 0 Å². The number of hydrogen-bond acceptors (Lipinski definition) is 5. The average molecular weight is 362 g/mol. The molecular formula is C19H27N3O2S. The van der Waals surface area contributed by atoms with Gasteiger partial charge in [0.15, 0.2) is 0 Å². The zero-order valence-corrected chi connectivity index (χ0v) is 15.9. The Morgan fingerprint density at radius 3 is 2.84 bits per heavy atom. The van der Waals surface area contributed by atoms with E-state index in [1.165, 1.54) is 0 Å². The van der Waals surface area contributed by atoms with Gasteiger partial charge < -0.3 is 9.32 Å². The summed E-state index contributed by atoms with van der Waals surface area (Å²) in [6, 6.07) is 1.98. The maximum atomic E-state index is 12.9. The Balaban J connectivity index is 1.67. The second-order valence-corrected chi connectivity index (χ2v) is 7.64. The van der Waals surface area contributed by atoms with Crippen LogP contribution >= 0.6 is 11.3 Å². The molecule has 1 unspecified atom stereocenters. The van der Waals surface area contributed by atoms with Gasteiger partial charge in [-0.05, 0) is 37.1 Å². The average Bonchev–Trinajstić information content (AvgIpc) is 3.32. The van der Waals surface area contributed by atoms with Crippen LogP contribution in [-0.2, 0) is 4.79 Å². The van der Waals surface area contributed by atoms with E-state index >= 15 is 0 Å². The van der Waals surface area contributed by atoms with Crippen molar-refractivity contribution in [3.8, 4) is 11.5 Å². The lowest BCUT2D eigenvalue weighted by molar-refractivity contribution is -0.137. The zero-order chi connectivity index (χ0) is 17.6. The highest BCUT2D eigenvalue weighted by Crippen LogP contribution is 2.30. The SMILES string of the molecule is CCCC(CCC)C(=O)N1CCCC(c2nnc(-c3ccsc3)o2)C1. The van der Waals surface area contributed by atoms with Gasteiger partial charge in [0.1, 0.15) is 0 Å². The fraction of sp³-hybridized carbons (Fsp3) is 0.632. The van der Waals surface area contributed by atoms with Crippen LogP contribution in [0.1, 0.15) is 64.2 Å². The van der Waals surface area contributed by atoms with E-state index < -0.39 is 0 Å². The predicted octanol–water partition coefficient (Wildman–Crippen LogP) is 4.72. The summed E-state index contributed by atoms with van der Waals surface area (Å²) in [7, 11) is 0. The Morgan fingerprint density at radius 2 is 2.16 bits per heavy atom. The predicted molar refractivity (Wildman–Crippen MR) is 99.5 cm³/mol. The Kier molecular flexibility index (Phi) is 6.24. The summed E-state index contributed by atoms with van der Waals surface area (Å²) in [6.07, 6.45) is 6.08. The van der Waals surface area contributed by atoms with Crippen LogP contribution in [0.25, 0.3) is 11.5 Å². The fourth-order valence-corrected chi connectivity index (χ4v) is 4.26. The van der Waals surface area contributed by atoms with E-state index in [4.69, 9.17) is 4.42 Å². The van der Waals surface area contributed by atoms with Crippen LogP contribution in [0, 0.1) is 5.92 Å². The molecule has 1 amide bonds. The van der Waals surface area contributed by atoms with Gasteiger partial charge in [0, 0.05) is 30.0 Å². The number of aromatic nitrogens is 2. The molecule has 25 heavy (non-hydrogen) atoms. The van der Waals surface area contributed by atoms with Gasteiger partial charge in [0.2, 0.25) is 17.7 Å². The van der Waals surface area contributed by atoms with Crippen LogP contribution in [0.15, 0.2) is 21.2 Å². The van der Waals surface area contributed by atoms with Crippen LogP contribution in [0.3, 0.4) is 0 Å². The van der Waals surface area contributed by atoms with Gasteiger partial charge in [-0.3, -0.25) is 4.79 Å². The summed E-state index contributed by atoms with van der Waals surface area (Å²) in [4.78, 5) is 14.9. The first kappa shape index (κ1) is 18.1. The number of carbonyl (C=O) groups is 1. The van der Waals surface area contributed by atoms with Gasteiger partial charge in [0.25, 0.3) is 0 Å². The summed E-state index contributed by atoms with van der Waals surface area (Å²) < 4.78 is 5.90. The number of piperidine rings is 1. The minimum absolute atomic E-state index is 0.154. The standard InChI is InChI=1S/C19H27N3O2S/c1-3-6-14(7-4-2)19(23)22-10-5-8-15(12-22)17-20-21-18(24-17)16-9-11-25-13-16/h9,11,13-15H,3-8,10,12H2,1-2H3. The van der Waals surface area contributed by atoms with E-state index in [2.05, 4.69) is 24.0 Å². The number of thiophene rings is 1. The first-order chi connectivity index (χ1) is 12.2. The molecule has 1 atom stereocenters. The molecule has 3 heterocycles. The number of nitrogens with zero attached hydrogens (tertiary/aromatic N) is 3. The fourth-order valence-electron chi connectivity index (χ4n) is 3.63. The molecule has 1 aliphatic heterocycles. The van der Waals surface area contributed by atoms with Crippen molar-refractivity contribution < 1.29 is 9.21 Å². The Hall–Kier alpha value is -1.69. The first-order valence-electron chi connectivity index (χ1n) is 9.37. The van der Waals surface area contributed by atoms with Gasteiger partial charge in [0.05, 0.1) is 5.92 Å². The van der Waals surface area contributed by atoms with Crippen molar-refractivity contribution in [3.63, 3.8) is 0 Å². The molecule has 0 spiro atoms. The van der Waals surface area contributed by atoms with Crippen molar-refractivity contribution in [2.24, 2.45) is 5.92 Å². The third kappa shape index (κ3) is 4.29. The van der Waals surface area contributed by atoms with Crippen molar-refractivity contribution >= 4 is 17.2 Å². The Morgan fingerprint density at radius 1 is 1.36 bits per heavy atom. The largest absolute Gasteiger partial charge is 0.420 e. The highest BCUT2D eigenvalue weighted by molar-refractivity contribution is 7.08. The van der Waals surface area contributed by atoms with Crippen LogP contribution in [-0.4, -0.2) is 34.1 Å². The van der Waals surface area contributed by atoms with E-state index in [-0.39, 0.29) is 11.8 Å². The zero-order valence-electron chi connectivity index (χ0n) is 15.1. The number of carbonyl (C=O) groups excluding carboxylic acids is 1. The lowest BCUT2D eigenvalue weighted by atomic mass is 9.93. The first-order valence-corrected chi connectivity index (χ1v) is 10.3. The smallest absolute Gasteiger partial charge is 0.248 e. The molecule has 6 heteroatoms. The van der Waals surface area contributed by atoms with E-state index in [1.807, 2.05) is 21.7 Å². The van der Waals surface area contributed by atoms with Crippen molar-refractivity contribution in [3.05, 3.63) is 22.7 Å². The van der Waals surface area contributed by atoms with E-state index in [0.717, 1.165) is 50.6 Å². The molecule has 0 saturated carbocycles. The van der Waals surface area contributed by atoms with Gasteiger partial charge in [-0.2, -0.15) is 11.3 Å². The second kappa shape index (κ2) is 8.61. The lowest BCUT2D eigenvalue weighted by Gasteiger charge is -2.33. The molecule has 0 aromatic carbocycles. The second-order valence-electron chi connectivity index (χ2n) is 6.86. The Bertz CT molecular complexity index is 662. The van der Waals surface area contributed by atoms with Crippen LogP contribution in [0.2, 0.25) is 0 Å². The van der Waals surface area contributed by atoms with Gasteiger partial charge in [-0.1, -0.05) is 26.7 Å². The molecule has 0 bridgehead atoms. The summed E-state index contributed by atoms with van der Waals surface area (Å²) in [5.74, 6) is 1.88. The molecule has 2 aromatic heterocycles. The lowest BCUT2D eigenvalue weighted by Crippen LogP contribution is -2.42. The van der Waals surface area contributed by atoms with Gasteiger partial charge >= 0.3 is 0 Å². The minimum Gasteiger partial charge on any atom is -0.420 e. The van der Waals surface area contributed by atoms with Crippen LogP contribution in [0.5, 0.6) is 0 Å². The normalized spacial score (nSPS) is 18.0. The summed E-state index contributed by atoms with van der Waals surface area (Å²) in [6.45, 7) is 5.86. The molecule has 136 valence electrons. The van der Waals surface area contributed by atoms with Gasteiger partial charge in [-0.25, -0.2) is 0 Å². The maximum absolute atomic E-state index is 12.9. The molecule has 0 radical (unpaired) electrons. The molecule has 5 nitrogen and oxygen atoms in total. The molecule has 0 N–H and O–H groups in total. The van der Waals surface area contributed by atoms with Crippen molar-refractivity contribution in [1.82, 2.24) is 15.1 Å². The summed E-state index contributed by atoms with van der Waals surface area (Å²) >= 11 is 1.62. The van der Waals surface area contributed by atoms with Crippen molar-refractivity contribution in [2.45, 2.75) is 58.3 Å². The Labute approximate surface area is 153 Å². The minimum atomic E-state index is 0.154. The maximum Gasteiger partial charge on any atom is 0.248 e. The topological polar surface area (TPSA) is 59.2 Å². The number of amides is 1. The van der Waals surface area contributed by atoms with Crippen LogP contribution < -0.4 is 0 Å². The molecular weight excluding hydrogens is 334 g/mol. The molecule has 1 saturated heterocycles. The molecule has 3 rings (SSSR count). The molecule has 0 aliphatic carbocycles. The molecule has 1 fully saturated rings. The van der Waals surface area contributed by atoms with E-state index in [0.29, 0.717) is 24.2 Å². The number of rotatable bonds is 7. The quantitative estimate of drug-likeness (QED) is 0.716. The van der Waals surface area contributed by atoms with E-state index in [9.17, 15) is 4.79 Å². The highest BCUT2D eigenvalue weighted by atomic mass is 32.1. The third-order valence-electron chi connectivity index (χ3n) is 4.91. The molecule has 1 aliphatic rings. The number of likely N-dealkylation sites (tertiary alicyclic amines) is 1. The van der Waals surface area contributed by atoms with E-state index in [1.54, 1.807) is 11.3 Å². The summed E-state index contributed by atoms with van der Waals surface area (Å²) in [5.41, 5.74) is 0.971.